The van der Waals surface area contributed by atoms with Gasteiger partial charge in [-0.05, 0) is 67.7 Å². The van der Waals surface area contributed by atoms with E-state index < -0.39 is 0 Å². The first kappa shape index (κ1) is 13.4. The van der Waals surface area contributed by atoms with E-state index in [2.05, 4.69) is 37.1 Å². The van der Waals surface area contributed by atoms with Gasteiger partial charge in [-0.3, -0.25) is 0 Å². The maximum Gasteiger partial charge on any atom is 0.231 e. The molecular formula is C18H25NO2. The van der Waals surface area contributed by atoms with Crippen molar-refractivity contribution in [3.8, 4) is 11.5 Å². The third-order valence-electron chi connectivity index (χ3n) is 5.81. The molecular weight excluding hydrogens is 262 g/mol. The highest BCUT2D eigenvalue weighted by atomic mass is 16.7. The molecule has 1 aromatic rings. The van der Waals surface area contributed by atoms with Crippen LogP contribution in [-0.2, 0) is 6.42 Å². The highest BCUT2D eigenvalue weighted by Gasteiger charge is 2.39. The average molecular weight is 287 g/mol. The van der Waals surface area contributed by atoms with Gasteiger partial charge in [0.05, 0.1) is 0 Å². The van der Waals surface area contributed by atoms with Crippen LogP contribution in [0.1, 0.15) is 25.3 Å². The quantitative estimate of drug-likeness (QED) is 0.834. The molecule has 2 heterocycles. The van der Waals surface area contributed by atoms with Crippen LogP contribution in [0, 0.1) is 23.7 Å². The minimum Gasteiger partial charge on any atom is -0.454 e. The predicted molar refractivity (Wildman–Crippen MR) is 82.6 cm³/mol. The second-order valence-corrected chi connectivity index (χ2v) is 7.33. The van der Waals surface area contributed by atoms with E-state index in [0.29, 0.717) is 6.79 Å². The second kappa shape index (κ2) is 5.20. The molecule has 4 atom stereocenters. The Morgan fingerprint density at radius 3 is 2.57 bits per heavy atom. The largest absolute Gasteiger partial charge is 0.454 e. The molecule has 4 rings (SSSR count). The first-order chi connectivity index (χ1) is 10.2. The Labute approximate surface area is 127 Å². The van der Waals surface area contributed by atoms with E-state index >= 15 is 0 Å². The molecule has 2 fully saturated rings. The molecule has 1 aromatic carbocycles. The number of rotatable bonds is 2. The van der Waals surface area contributed by atoms with Crippen molar-refractivity contribution in [3.63, 3.8) is 0 Å². The van der Waals surface area contributed by atoms with Crippen molar-refractivity contribution >= 4 is 0 Å². The van der Waals surface area contributed by atoms with Crippen LogP contribution < -0.4 is 9.47 Å². The average Bonchev–Trinajstić information content (AvgIpc) is 2.89. The van der Waals surface area contributed by atoms with Crippen LogP contribution in [0.3, 0.4) is 0 Å². The molecule has 3 nitrogen and oxygen atoms in total. The lowest BCUT2D eigenvalue weighted by molar-refractivity contribution is 0.0196. The minimum absolute atomic E-state index is 0.371. The second-order valence-electron chi connectivity index (χ2n) is 7.33. The highest BCUT2D eigenvalue weighted by molar-refractivity contribution is 5.44. The summed E-state index contributed by atoms with van der Waals surface area (Å²) < 4.78 is 10.9. The van der Waals surface area contributed by atoms with E-state index in [0.717, 1.165) is 35.2 Å². The molecule has 21 heavy (non-hydrogen) atoms. The summed E-state index contributed by atoms with van der Waals surface area (Å²) in [6, 6.07) is 6.47. The predicted octanol–water partition coefficient (Wildman–Crippen LogP) is 3.18. The maximum atomic E-state index is 5.51. The topological polar surface area (TPSA) is 21.7 Å². The highest BCUT2D eigenvalue weighted by Crippen LogP contribution is 2.43. The Morgan fingerprint density at radius 2 is 1.81 bits per heavy atom. The summed E-state index contributed by atoms with van der Waals surface area (Å²) >= 11 is 0. The minimum atomic E-state index is 0.371. The fraction of sp³-hybridized carbons (Fsp3) is 0.667. The van der Waals surface area contributed by atoms with Crippen LogP contribution in [0.5, 0.6) is 11.5 Å². The van der Waals surface area contributed by atoms with Crippen LogP contribution in [0.25, 0.3) is 0 Å². The van der Waals surface area contributed by atoms with Crippen LogP contribution in [-0.4, -0.2) is 31.8 Å². The van der Waals surface area contributed by atoms with Gasteiger partial charge >= 0.3 is 0 Å². The maximum absolute atomic E-state index is 5.51. The lowest BCUT2D eigenvalue weighted by atomic mass is 9.65. The summed E-state index contributed by atoms with van der Waals surface area (Å²) in [5.74, 6) is 5.36. The molecule has 0 radical (unpaired) electrons. The van der Waals surface area contributed by atoms with Gasteiger partial charge in [0.1, 0.15) is 0 Å². The van der Waals surface area contributed by atoms with Gasteiger partial charge in [0, 0.05) is 13.1 Å². The smallest absolute Gasteiger partial charge is 0.231 e. The number of fused-ring (bicyclic) bond motifs is 3. The fourth-order valence-corrected chi connectivity index (χ4v) is 4.69. The summed E-state index contributed by atoms with van der Waals surface area (Å²) in [4.78, 5) is 2.53. The van der Waals surface area contributed by atoms with Gasteiger partial charge in [-0.25, -0.2) is 0 Å². The zero-order valence-electron chi connectivity index (χ0n) is 13.0. The van der Waals surface area contributed by atoms with Crippen molar-refractivity contribution in [1.29, 1.82) is 0 Å². The van der Waals surface area contributed by atoms with Gasteiger partial charge in [-0.2, -0.15) is 0 Å². The Bertz CT molecular complexity index is 514. The molecule has 0 N–H and O–H groups in total. The number of hydrogen-bond acceptors (Lipinski definition) is 3. The van der Waals surface area contributed by atoms with Crippen molar-refractivity contribution in [2.45, 2.75) is 26.2 Å². The molecule has 1 saturated heterocycles. The standard InChI is InChI=1S/C18H25NO2/c1-12-15-6-14(7-16(12)10-19(2)9-15)5-13-3-4-17-18(8-13)21-11-20-17/h3-4,8,12,14-16H,5-7,9-11H2,1-2H3/t12?,14?,15-,16+. The van der Waals surface area contributed by atoms with Crippen LogP contribution >= 0.6 is 0 Å². The summed E-state index contributed by atoms with van der Waals surface area (Å²) in [6.07, 6.45) is 3.97. The lowest BCUT2D eigenvalue weighted by Gasteiger charge is -2.48. The Hall–Kier alpha value is -1.22. The van der Waals surface area contributed by atoms with Crippen molar-refractivity contribution in [3.05, 3.63) is 23.8 Å². The van der Waals surface area contributed by atoms with Crippen LogP contribution in [0.15, 0.2) is 18.2 Å². The van der Waals surface area contributed by atoms with Gasteiger partial charge in [0.25, 0.3) is 0 Å². The van der Waals surface area contributed by atoms with Gasteiger partial charge in [-0.15, -0.1) is 0 Å². The molecule has 2 bridgehead atoms. The Morgan fingerprint density at radius 1 is 1.10 bits per heavy atom. The third kappa shape index (κ3) is 2.52. The Kier molecular flexibility index (Phi) is 3.33. The molecule has 1 saturated carbocycles. The molecule has 2 unspecified atom stereocenters. The molecule has 2 aliphatic heterocycles. The number of hydrogen-bond donors (Lipinski definition) is 0. The number of likely N-dealkylation sites (tertiary alicyclic amines) is 1. The monoisotopic (exact) mass is 287 g/mol. The lowest BCUT2D eigenvalue weighted by Crippen LogP contribution is -2.48. The van der Waals surface area contributed by atoms with Crippen LogP contribution in [0.2, 0.25) is 0 Å². The molecule has 1 aliphatic carbocycles. The first-order valence-electron chi connectivity index (χ1n) is 8.26. The van der Waals surface area contributed by atoms with Crippen molar-refractivity contribution < 1.29 is 9.47 Å². The summed E-state index contributed by atoms with van der Waals surface area (Å²) in [5, 5.41) is 0. The summed E-state index contributed by atoms with van der Waals surface area (Å²) in [7, 11) is 2.28. The number of piperidine rings is 1. The van der Waals surface area contributed by atoms with Gasteiger partial charge < -0.3 is 14.4 Å². The SMILES string of the molecule is CC1[C@@H]2CC(Cc3ccc4c(c3)OCO4)C[C@H]1CN(C)C2. The van der Waals surface area contributed by atoms with Crippen LogP contribution in [0.4, 0.5) is 0 Å². The number of benzene rings is 1. The number of nitrogens with zero attached hydrogens (tertiary/aromatic N) is 1. The molecule has 0 spiro atoms. The zero-order chi connectivity index (χ0) is 14.4. The molecule has 3 aliphatic rings. The van der Waals surface area contributed by atoms with E-state index in [1.807, 2.05) is 0 Å². The van der Waals surface area contributed by atoms with E-state index in [9.17, 15) is 0 Å². The van der Waals surface area contributed by atoms with E-state index in [4.69, 9.17) is 9.47 Å². The van der Waals surface area contributed by atoms with Crippen molar-refractivity contribution in [2.24, 2.45) is 23.7 Å². The summed E-state index contributed by atoms with van der Waals surface area (Å²) in [6.45, 7) is 5.42. The van der Waals surface area contributed by atoms with Crippen molar-refractivity contribution in [1.82, 2.24) is 4.90 Å². The number of ether oxygens (including phenoxy) is 2. The molecule has 0 aromatic heterocycles. The van der Waals surface area contributed by atoms with Crippen molar-refractivity contribution in [2.75, 3.05) is 26.9 Å². The normalized spacial score (nSPS) is 35.0. The van der Waals surface area contributed by atoms with E-state index in [1.165, 1.54) is 37.9 Å². The third-order valence-corrected chi connectivity index (χ3v) is 5.81. The summed E-state index contributed by atoms with van der Waals surface area (Å²) in [5.41, 5.74) is 1.41. The molecule has 3 heteroatoms. The van der Waals surface area contributed by atoms with Gasteiger partial charge in [-0.1, -0.05) is 13.0 Å². The van der Waals surface area contributed by atoms with Gasteiger partial charge in [0.2, 0.25) is 6.79 Å². The van der Waals surface area contributed by atoms with E-state index in [-0.39, 0.29) is 0 Å². The first-order valence-corrected chi connectivity index (χ1v) is 8.26. The fourth-order valence-electron chi connectivity index (χ4n) is 4.69. The van der Waals surface area contributed by atoms with Gasteiger partial charge in [0.15, 0.2) is 11.5 Å². The molecule has 0 amide bonds. The van der Waals surface area contributed by atoms with E-state index in [1.54, 1.807) is 0 Å². The molecule has 114 valence electrons. The Balaban J connectivity index is 1.46. The zero-order valence-corrected chi connectivity index (χ0v) is 13.0.